The van der Waals surface area contributed by atoms with Crippen molar-refractivity contribution < 1.29 is 4.79 Å². The third-order valence-electron chi connectivity index (χ3n) is 1.98. The van der Waals surface area contributed by atoms with Crippen LogP contribution in [0.5, 0.6) is 0 Å². The van der Waals surface area contributed by atoms with Crippen LogP contribution < -0.4 is 0 Å². The quantitative estimate of drug-likeness (QED) is 0.556. The molecule has 62 valence electrons. The topological polar surface area (TPSA) is 20.3 Å². The first kappa shape index (κ1) is 8.47. The minimum atomic E-state index is 0.279. The van der Waals surface area contributed by atoms with Gasteiger partial charge in [-0.25, -0.2) is 0 Å². The largest absolute Gasteiger partial charge is 0.302 e. The summed E-state index contributed by atoms with van der Waals surface area (Å²) in [5.74, 6) is 0.279. The molecule has 1 aliphatic heterocycles. The van der Waals surface area contributed by atoms with E-state index in [4.69, 9.17) is 0 Å². The van der Waals surface area contributed by atoms with Gasteiger partial charge in [0.15, 0.2) is 0 Å². The molecule has 0 fully saturated rings. The molecule has 1 aliphatic rings. The fraction of sp³-hybridized carbons (Fsp3) is 0.667. The molecule has 0 aliphatic carbocycles. The molecule has 2 nitrogen and oxygen atoms in total. The number of ketones is 1. The van der Waals surface area contributed by atoms with Gasteiger partial charge >= 0.3 is 0 Å². The standard InChI is InChI=1S/C9H15NO/c1-8(11)7-9-3-5-10(2)6-4-9/h3H,4-7H2,1-2H3. The first-order valence-electron chi connectivity index (χ1n) is 4.04. The molecule has 0 unspecified atom stereocenters. The number of hydrogen-bond acceptors (Lipinski definition) is 2. The summed E-state index contributed by atoms with van der Waals surface area (Å²) in [7, 11) is 2.10. The summed E-state index contributed by atoms with van der Waals surface area (Å²) in [5, 5.41) is 0. The Bertz CT molecular complexity index is 184. The van der Waals surface area contributed by atoms with Gasteiger partial charge in [-0.15, -0.1) is 0 Å². The van der Waals surface area contributed by atoms with E-state index in [2.05, 4.69) is 18.0 Å². The van der Waals surface area contributed by atoms with Crippen molar-refractivity contribution >= 4 is 5.78 Å². The van der Waals surface area contributed by atoms with E-state index in [1.807, 2.05) is 0 Å². The number of likely N-dealkylation sites (N-methyl/N-ethyl adjacent to an activating group) is 1. The normalized spacial score (nSPS) is 19.6. The van der Waals surface area contributed by atoms with E-state index in [1.54, 1.807) is 6.92 Å². The van der Waals surface area contributed by atoms with Gasteiger partial charge in [0.05, 0.1) is 0 Å². The molecule has 0 aromatic carbocycles. The van der Waals surface area contributed by atoms with Crippen molar-refractivity contribution in [3.63, 3.8) is 0 Å². The Morgan fingerprint density at radius 1 is 1.73 bits per heavy atom. The van der Waals surface area contributed by atoms with Crippen LogP contribution in [0.2, 0.25) is 0 Å². The zero-order chi connectivity index (χ0) is 8.27. The molecule has 0 saturated heterocycles. The average molecular weight is 153 g/mol. The van der Waals surface area contributed by atoms with E-state index in [1.165, 1.54) is 5.57 Å². The number of carbonyl (C=O) groups is 1. The third-order valence-corrected chi connectivity index (χ3v) is 1.98. The zero-order valence-electron chi connectivity index (χ0n) is 7.26. The number of hydrogen-bond donors (Lipinski definition) is 0. The van der Waals surface area contributed by atoms with Crippen LogP contribution in [0.1, 0.15) is 19.8 Å². The van der Waals surface area contributed by atoms with Crippen molar-refractivity contribution in [3.8, 4) is 0 Å². The minimum Gasteiger partial charge on any atom is -0.302 e. The van der Waals surface area contributed by atoms with E-state index in [0.717, 1.165) is 19.5 Å². The molecule has 0 amide bonds. The summed E-state index contributed by atoms with van der Waals surface area (Å²) >= 11 is 0. The Morgan fingerprint density at radius 3 is 2.91 bits per heavy atom. The van der Waals surface area contributed by atoms with Crippen LogP contribution in [-0.2, 0) is 4.79 Å². The first-order valence-corrected chi connectivity index (χ1v) is 4.04. The molecule has 2 heteroatoms. The smallest absolute Gasteiger partial charge is 0.133 e. The summed E-state index contributed by atoms with van der Waals surface area (Å²) in [4.78, 5) is 13.0. The zero-order valence-corrected chi connectivity index (χ0v) is 7.26. The molecule has 1 heterocycles. The van der Waals surface area contributed by atoms with E-state index < -0.39 is 0 Å². The van der Waals surface area contributed by atoms with Crippen molar-refractivity contribution in [3.05, 3.63) is 11.6 Å². The van der Waals surface area contributed by atoms with Gasteiger partial charge in [-0.1, -0.05) is 11.6 Å². The maximum absolute atomic E-state index is 10.7. The molecule has 0 spiro atoms. The van der Waals surface area contributed by atoms with Gasteiger partial charge in [-0.05, 0) is 20.4 Å². The number of nitrogens with zero attached hydrogens (tertiary/aromatic N) is 1. The van der Waals surface area contributed by atoms with Crippen LogP contribution in [0.3, 0.4) is 0 Å². The van der Waals surface area contributed by atoms with Crippen LogP contribution in [0.4, 0.5) is 0 Å². The fourth-order valence-electron chi connectivity index (χ4n) is 1.29. The second-order valence-electron chi connectivity index (χ2n) is 3.25. The molecule has 0 atom stereocenters. The van der Waals surface area contributed by atoms with Crippen LogP contribution in [0.25, 0.3) is 0 Å². The summed E-state index contributed by atoms with van der Waals surface area (Å²) in [6.07, 6.45) is 3.90. The van der Waals surface area contributed by atoms with Crippen molar-refractivity contribution in [2.75, 3.05) is 20.1 Å². The molecule has 0 bridgehead atoms. The first-order chi connectivity index (χ1) is 5.18. The summed E-state index contributed by atoms with van der Waals surface area (Å²) < 4.78 is 0. The Morgan fingerprint density at radius 2 is 2.45 bits per heavy atom. The lowest BCUT2D eigenvalue weighted by Crippen LogP contribution is -2.24. The summed E-state index contributed by atoms with van der Waals surface area (Å²) in [5.41, 5.74) is 1.32. The molecule has 0 aromatic heterocycles. The molecule has 1 rings (SSSR count). The van der Waals surface area contributed by atoms with Crippen molar-refractivity contribution in [1.82, 2.24) is 4.90 Å². The highest BCUT2D eigenvalue weighted by Crippen LogP contribution is 2.12. The van der Waals surface area contributed by atoms with Crippen LogP contribution in [0, 0.1) is 0 Å². The molecule has 0 saturated carbocycles. The van der Waals surface area contributed by atoms with Gasteiger partial charge in [0.2, 0.25) is 0 Å². The van der Waals surface area contributed by atoms with Crippen molar-refractivity contribution in [2.45, 2.75) is 19.8 Å². The summed E-state index contributed by atoms with van der Waals surface area (Å²) in [6, 6.07) is 0. The maximum Gasteiger partial charge on any atom is 0.133 e. The second-order valence-corrected chi connectivity index (χ2v) is 3.25. The van der Waals surface area contributed by atoms with Gasteiger partial charge in [0, 0.05) is 19.5 Å². The highest BCUT2D eigenvalue weighted by molar-refractivity contribution is 5.78. The summed E-state index contributed by atoms with van der Waals surface area (Å²) in [6.45, 7) is 3.75. The molecule has 0 N–H and O–H groups in total. The molecular weight excluding hydrogens is 138 g/mol. The van der Waals surface area contributed by atoms with Crippen molar-refractivity contribution in [1.29, 1.82) is 0 Å². The Balaban J connectivity index is 2.41. The lowest BCUT2D eigenvalue weighted by molar-refractivity contribution is -0.116. The fourth-order valence-corrected chi connectivity index (χ4v) is 1.29. The van der Waals surface area contributed by atoms with Gasteiger partial charge in [-0.3, -0.25) is 4.79 Å². The van der Waals surface area contributed by atoms with Gasteiger partial charge < -0.3 is 4.90 Å². The van der Waals surface area contributed by atoms with Gasteiger partial charge in [0.1, 0.15) is 5.78 Å². The second kappa shape index (κ2) is 3.67. The maximum atomic E-state index is 10.7. The SMILES string of the molecule is CC(=O)CC1=CCN(C)CC1. The highest BCUT2D eigenvalue weighted by atomic mass is 16.1. The molecule has 11 heavy (non-hydrogen) atoms. The predicted molar refractivity (Wildman–Crippen MR) is 45.5 cm³/mol. The number of carbonyl (C=O) groups excluding carboxylic acids is 1. The third kappa shape index (κ3) is 2.85. The van der Waals surface area contributed by atoms with Crippen LogP contribution in [0.15, 0.2) is 11.6 Å². The van der Waals surface area contributed by atoms with E-state index in [0.29, 0.717) is 6.42 Å². The minimum absolute atomic E-state index is 0.279. The molecular formula is C9H15NO. The Labute approximate surface area is 67.9 Å². The van der Waals surface area contributed by atoms with Crippen LogP contribution >= 0.6 is 0 Å². The average Bonchev–Trinajstić information content (AvgIpc) is 1.93. The lowest BCUT2D eigenvalue weighted by atomic mass is 10.0. The van der Waals surface area contributed by atoms with E-state index in [-0.39, 0.29) is 5.78 Å². The Hall–Kier alpha value is -0.630. The Kier molecular flexibility index (Phi) is 2.83. The highest BCUT2D eigenvalue weighted by Gasteiger charge is 2.08. The monoisotopic (exact) mass is 153 g/mol. The van der Waals surface area contributed by atoms with E-state index >= 15 is 0 Å². The lowest BCUT2D eigenvalue weighted by Gasteiger charge is -2.21. The van der Waals surface area contributed by atoms with Crippen molar-refractivity contribution in [2.24, 2.45) is 0 Å². The van der Waals surface area contributed by atoms with E-state index in [9.17, 15) is 4.79 Å². The van der Waals surface area contributed by atoms with Gasteiger partial charge in [-0.2, -0.15) is 0 Å². The molecule has 0 aromatic rings. The van der Waals surface area contributed by atoms with Gasteiger partial charge in [0.25, 0.3) is 0 Å². The van der Waals surface area contributed by atoms with Crippen LogP contribution in [-0.4, -0.2) is 30.8 Å². The number of Topliss-reactive ketones (excluding diaryl/α,β-unsaturated/α-hetero) is 1. The molecule has 0 radical (unpaired) electrons. The number of rotatable bonds is 2. The predicted octanol–water partition coefficient (Wildman–Crippen LogP) is 1.23.